The van der Waals surface area contributed by atoms with Crippen LogP contribution in [0.2, 0.25) is 0 Å². The molecule has 20 heavy (non-hydrogen) atoms. The summed E-state index contributed by atoms with van der Waals surface area (Å²) < 4.78 is 55.8. The number of para-hydroxylation sites is 1. The first kappa shape index (κ1) is 14.3. The molecule has 2 nitrogen and oxygen atoms in total. The quantitative estimate of drug-likeness (QED) is 0.871. The van der Waals surface area contributed by atoms with Gasteiger partial charge in [0.05, 0.1) is 6.04 Å². The zero-order valence-corrected chi connectivity index (χ0v) is 10.2. The minimum absolute atomic E-state index is 0.129. The Morgan fingerprint density at radius 3 is 2.35 bits per heavy atom. The maximum atomic E-state index is 13.7. The Balaban J connectivity index is 2.42. The fourth-order valence-electron chi connectivity index (χ4n) is 1.86. The Kier molecular flexibility index (Phi) is 4.24. The maximum absolute atomic E-state index is 13.7. The molecule has 0 heterocycles. The van der Waals surface area contributed by atoms with Crippen molar-refractivity contribution in [2.75, 3.05) is 0 Å². The summed E-state index contributed by atoms with van der Waals surface area (Å²) in [6, 6.07) is 7.44. The summed E-state index contributed by atoms with van der Waals surface area (Å²) in [6.07, 6.45) is 0. The average molecular weight is 285 g/mol. The molecule has 0 aliphatic carbocycles. The molecule has 0 spiro atoms. The molecule has 0 amide bonds. The van der Waals surface area contributed by atoms with Gasteiger partial charge in [-0.2, -0.15) is 8.78 Å². The van der Waals surface area contributed by atoms with E-state index in [-0.39, 0.29) is 16.9 Å². The van der Waals surface area contributed by atoms with Crippen LogP contribution in [-0.4, -0.2) is 6.61 Å². The van der Waals surface area contributed by atoms with Crippen LogP contribution in [0.5, 0.6) is 5.75 Å². The highest BCUT2D eigenvalue weighted by molar-refractivity contribution is 5.41. The molecular formula is C14H11F4NO. The topological polar surface area (TPSA) is 35.2 Å². The molecule has 1 atom stereocenters. The second kappa shape index (κ2) is 5.92. The Bertz CT molecular complexity index is 603. The van der Waals surface area contributed by atoms with E-state index >= 15 is 0 Å². The highest BCUT2D eigenvalue weighted by Gasteiger charge is 2.19. The Morgan fingerprint density at radius 1 is 0.950 bits per heavy atom. The zero-order valence-electron chi connectivity index (χ0n) is 10.2. The SMILES string of the molecule is NC(c1cc(F)ccc1F)c1ccccc1OC(F)F. The second-order valence-corrected chi connectivity index (χ2v) is 4.06. The normalized spacial score (nSPS) is 12.5. The van der Waals surface area contributed by atoms with E-state index in [1.54, 1.807) is 6.07 Å². The standard InChI is InChI=1S/C14H11F4NO/c15-8-5-6-11(16)10(7-8)13(19)9-3-1-2-4-12(9)20-14(17)18/h1-7,13-14H,19H2. The first-order chi connectivity index (χ1) is 9.49. The Labute approximate surface area is 112 Å². The predicted octanol–water partition coefficient (Wildman–Crippen LogP) is 3.61. The molecule has 0 fully saturated rings. The van der Waals surface area contributed by atoms with E-state index in [1.807, 2.05) is 0 Å². The van der Waals surface area contributed by atoms with Crippen molar-refractivity contribution in [3.63, 3.8) is 0 Å². The Morgan fingerprint density at radius 2 is 1.65 bits per heavy atom. The van der Waals surface area contributed by atoms with E-state index in [0.29, 0.717) is 0 Å². The monoisotopic (exact) mass is 285 g/mol. The number of rotatable bonds is 4. The van der Waals surface area contributed by atoms with Gasteiger partial charge in [0.1, 0.15) is 17.4 Å². The molecule has 0 saturated carbocycles. The van der Waals surface area contributed by atoms with Gasteiger partial charge < -0.3 is 10.5 Å². The van der Waals surface area contributed by atoms with Crippen molar-refractivity contribution in [2.45, 2.75) is 12.7 Å². The summed E-state index contributed by atoms with van der Waals surface area (Å²) in [5, 5.41) is 0. The van der Waals surface area contributed by atoms with Gasteiger partial charge in [-0.3, -0.25) is 0 Å². The summed E-state index contributed by atoms with van der Waals surface area (Å²) in [5.41, 5.74) is 5.85. The molecule has 6 heteroatoms. The molecule has 106 valence electrons. The van der Waals surface area contributed by atoms with E-state index in [2.05, 4.69) is 4.74 Å². The molecule has 0 saturated heterocycles. The molecule has 0 aliphatic heterocycles. The molecule has 2 aromatic carbocycles. The highest BCUT2D eigenvalue weighted by Crippen LogP contribution is 2.30. The average Bonchev–Trinajstić information content (AvgIpc) is 2.41. The maximum Gasteiger partial charge on any atom is 0.387 e. The summed E-state index contributed by atoms with van der Waals surface area (Å²) in [4.78, 5) is 0. The minimum Gasteiger partial charge on any atom is -0.434 e. The van der Waals surface area contributed by atoms with Crippen molar-refractivity contribution in [3.05, 3.63) is 65.2 Å². The number of ether oxygens (including phenoxy) is 1. The molecular weight excluding hydrogens is 274 g/mol. The number of halogens is 4. The predicted molar refractivity (Wildman–Crippen MR) is 65.5 cm³/mol. The highest BCUT2D eigenvalue weighted by atomic mass is 19.3. The van der Waals surface area contributed by atoms with Crippen molar-refractivity contribution >= 4 is 0 Å². The van der Waals surface area contributed by atoms with E-state index in [9.17, 15) is 17.6 Å². The van der Waals surface area contributed by atoms with Crippen molar-refractivity contribution in [3.8, 4) is 5.75 Å². The third-order valence-electron chi connectivity index (χ3n) is 2.76. The van der Waals surface area contributed by atoms with Gasteiger partial charge in [0.2, 0.25) is 0 Å². The van der Waals surface area contributed by atoms with Gasteiger partial charge in [0, 0.05) is 11.1 Å². The van der Waals surface area contributed by atoms with Gasteiger partial charge in [-0.05, 0) is 24.3 Å². The number of hydrogen-bond acceptors (Lipinski definition) is 2. The molecule has 2 rings (SSSR count). The number of nitrogens with two attached hydrogens (primary N) is 1. The van der Waals surface area contributed by atoms with Crippen LogP contribution in [0.4, 0.5) is 17.6 Å². The smallest absolute Gasteiger partial charge is 0.387 e. The van der Waals surface area contributed by atoms with E-state index in [0.717, 1.165) is 18.2 Å². The van der Waals surface area contributed by atoms with Crippen LogP contribution < -0.4 is 10.5 Å². The molecule has 1 unspecified atom stereocenters. The summed E-state index contributed by atoms with van der Waals surface area (Å²) in [7, 11) is 0. The number of hydrogen-bond donors (Lipinski definition) is 1. The summed E-state index contributed by atoms with van der Waals surface area (Å²) in [6.45, 7) is -3.03. The van der Waals surface area contributed by atoms with Crippen LogP contribution in [0.25, 0.3) is 0 Å². The Hall–Kier alpha value is -2.08. The zero-order chi connectivity index (χ0) is 14.7. The molecule has 2 N–H and O–H groups in total. The van der Waals surface area contributed by atoms with Crippen molar-refractivity contribution in [1.29, 1.82) is 0 Å². The number of alkyl halides is 2. The third-order valence-corrected chi connectivity index (χ3v) is 2.76. The number of benzene rings is 2. The largest absolute Gasteiger partial charge is 0.434 e. The van der Waals surface area contributed by atoms with Crippen LogP contribution in [0.3, 0.4) is 0 Å². The van der Waals surface area contributed by atoms with Gasteiger partial charge in [-0.15, -0.1) is 0 Å². The molecule has 0 aromatic heterocycles. The fraction of sp³-hybridized carbons (Fsp3) is 0.143. The van der Waals surface area contributed by atoms with Gasteiger partial charge in [-0.1, -0.05) is 18.2 Å². The van der Waals surface area contributed by atoms with Gasteiger partial charge in [0.15, 0.2) is 0 Å². The third kappa shape index (κ3) is 3.08. The second-order valence-electron chi connectivity index (χ2n) is 4.06. The molecule has 2 aromatic rings. The van der Waals surface area contributed by atoms with Crippen LogP contribution in [0.1, 0.15) is 17.2 Å². The van der Waals surface area contributed by atoms with Crippen LogP contribution in [0, 0.1) is 11.6 Å². The van der Waals surface area contributed by atoms with Crippen molar-refractivity contribution in [1.82, 2.24) is 0 Å². The summed E-state index contributed by atoms with van der Waals surface area (Å²) >= 11 is 0. The van der Waals surface area contributed by atoms with E-state index < -0.39 is 24.3 Å². The summed E-state index contributed by atoms with van der Waals surface area (Å²) in [5.74, 6) is -1.55. The van der Waals surface area contributed by atoms with Crippen LogP contribution in [-0.2, 0) is 0 Å². The first-order valence-corrected chi connectivity index (χ1v) is 5.73. The fourth-order valence-corrected chi connectivity index (χ4v) is 1.86. The van der Waals surface area contributed by atoms with E-state index in [1.165, 1.54) is 18.2 Å². The van der Waals surface area contributed by atoms with Gasteiger partial charge >= 0.3 is 6.61 Å². The lowest BCUT2D eigenvalue weighted by atomic mass is 9.98. The van der Waals surface area contributed by atoms with Gasteiger partial charge in [-0.25, -0.2) is 8.78 Å². The molecule has 0 radical (unpaired) electrons. The lowest BCUT2D eigenvalue weighted by Crippen LogP contribution is -2.16. The lowest BCUT2D eigenvalue weighted by molar-refractivity contribution is -0.0505. The van der Waals surface area contributed by atoms with Crippen molar-refractivity contribution < 1.29 is 22.3 Å². The minimum atomic E-state index is -3.03. The first-order valence-electron chi connectivity index (χ1n) is 5.73. The van der Waals surface area contributed by atoms with E-state index in [4.69, 9.17) is 5.73 Å². The van der Waals surface area contributed by atoms with Crippen molar-refractivity contribution in [2.24, 2.45) is 5.73 Å². The van der Waals surface area contributed by atoms with Gasteiger partial charge in [0.25, 0.3) is 0 Å². The lowest BCUT2D eigenvalue weighted by Gasteiger charge is -2.17. The van der Waals surface area contributed by atoms with Crippen LogP contribution in [0.15, 0.2) is 42.5 Å². The van der Waals surface area contributed by atoms with Crippen LogP contribution >= 0.6 is 0 Å². The molecule has 0 bridgehead atoms. The molecule has 0 aliphatic rings.